The number of hydrogen-bond acceptors (Lipinski definition) is 2. The molecule has 18 heavy (non-hydrogen) atoms. The number of benzene rings is 2. The van der Waals surface area contributed by atoms with Gasteiger partial charge in [-0.2, -0.15) is 0 Å². The zero-order valence-electron chi connectivity index (χ0n) is 9.86. The van der Waals surface area contributed by atoms with Gasteiger partial charge in [-0.05, 0) is 58.7 Å². The Hall–Kier alpha value is -1.03. The Labute approximate surface area is 120 Å². The summed E-state index contributed by atoms with van der Waals surface area (Å²) in [5, 5.41) is 0.649. The summed E-state index contributed by atoms with van der Waals surface area (Å²) in [4.78, 5) is 0. The van der Waals surface area contributed by atoms with E-state index in [1.165, 1.54) is 0 Å². The summed E-state index contributed by atoms with van der Waals surface area (Å²) >= 11 is 9.39. The molecule has 94 valence electrons. The molecule has 2 aromatic rings. The molecule has 0 amide bonds. The van der Waals surface area contributed by atoms with Gasteiger partial charge in [-0.3, -0.25) is 0 Å². The highest BCUT2D eigenvalue weighted by atomic mass is 79.9. The quantitative estimate of drug-likeness (QED) is 0.869. The van der Waals surface area contributed by atoms with Crippen molar-refractivity contribution >= 4 is 27.5 Å². The number of ether oxygens (including phenoxy) is 1. The molecule has 0 aliphatic carbocycles. The standard InChI is InChI=1S/C14H13BrClNO/c1-9(17)10-5-6-14(13(15)7-10)18-12-4-2-3-11(16)8-12/h2-9H,17H2,1H3/t9-/m0/s1. The molecule has 0 radical (unpaired) electrons. The third kappa shape index (κ3) is 3.25. The van der Waals surface area contributed by atoms with Gasteiger partial charge in [0, 0.05) is 11.1 Å². The lowest BCUT2D eigenvalue weighted by Crippen LogP contribution is -2.04. The van der Waals surface area contributed by atoms with Crippen LogP contribution in [0.15, 0.2) is 46.9 Å². The topological polar surface area (TPSA) is 35.2 Å². The van der Waals surface area contributed by atoms with Crippen molar-refractivity contribution in [2.75, 3.05) is 0 Å². The summed E-state index contributed by atoms with van der Waals surface area (Å²) in [5.41, 5.74) is 6.88. The van der Waals surface area contributed by atoms with E-state index in [1.54, 1.807) is 6.07 Å². The highest BCUT2D eigenvalue weighted by Crippen LogP contribution is 2.32. The minimum Gasteiger partial charge on any atom is -0.456 e. The first kappa shape index (κ1) is 13.4. The van der Waals surface area contributed by atoms with Gasteiger partial charge in [-0.1, -0.05) is 23.7 Å². The average molecular weight is 327 g/mol. The molecule has 2 aromatic carbocycles. The highest BCUT2D eigenvalue weighted by molar-refractivity contribution is 9.10. The Balaban J connectivity index is 2.24. The molecule has 0 heterocycles. The predicted octanol–water partition coefficient (Wildman–Crippen LogP) is 4.91. The molecular formula is C14H13BrClNO. The molecule has 0 aliphatic rings. The van der Waals surface area contributed by atoms with E-state index in [9.17, 15) is 0 Å². The fourth-order valence-electron chi connectivity index (χ4n) is 1.54. The van der Waals surface area contributed by atoms with Crippen LogP contribution in [0.25, 0.3) is 0 Å². The number of nitrogens with two attached hydrogens (primary N) is 1. The van der Waals surface area contributed by atoms with Crippen LogP contribution in [-0.2, 0) is 0 Å². The molecule has 0 aromatic heterocycles. The molecule has 2 rings (SSSR count). The Morgan fingerprint density at radius 3 is 2.61 bits per heavy atom. The predicted molar refractivity (Wildman–Crippen MR) is 78.3 cm³/mol. The van der Waals surface area contributed by atoms with Crippen LogP contribution >= 0.6 is 27.5 Å². The van der Waals surface area contributed by atoms with E-state index in [1.807, 2.05) is 43.3 Å². The summed E-state index contributed by atoms with van der Waals surface area (Å²) in [6.07, 6.45) is 0. The Morgan fingerprint density at radius 1 is 1.22 bits per heavy atom. The second-order valence-corrected chi connectivity index (χ2v) is 5.33. The molecule has 0 saturated heterocycles. The zero-order chi connectivity index (χ0) is 13.1. The molecule has 0 fully saturated rings. The van der Waals surface area contributed by atoms with Crippen molar-refractivity contribution < 1.29 is 4.74 Å². The van der Waals surface area contributed by atoms with Crippen LogP contribution in [0, 0.1) is 0 Å². The second-order valence-electron chi connectivity index (χ2n) is 4.04. The molecule has 0 bridgehead atoms. The van der Waals surface area contributed by atoms with Crippen molar-refractivity contribution in [1.82, 2.24) is 0 Å². The molecular weight excluding hydrogens is 314 g/mol. The molecule has 0 saturated carbocycles. The normalized spacial score (nSPS) is 12.2. The number of halogens is 2. The third-order valence-corrected chi connectivity index (χ3v) is 3.36. The summed E-state index contributed by atoms with van der Waals surface area (Å²) < 4.78 is 6.63. The Kier molecular flexibility index (Phi) is 4.27. The van der Waals surface area contributed by atoms with Crippen molar-refractivity contribution in [2.24, 2.45) is 5.73 Å². The maximum absolute atomic E-state index is 5.91. The van der Waals surface area contributed by atoms with E-state index < -0.39 is 0 Å². The van der Waals surface area contributed by atoms with E-state index in [2.05, 4.69) is 15.9 Å². The largest absolute Gasteiger partial charge is 0.456 e. The summed E-state index contributed by atoms with van der Waals surface area (Å²) in [6, 6.07) is 13.1. The van der Waals surface area contributed by atoms with Crippen LogP contribution in [0.3, 0.4) is 0 Å². The summed E-state index contributed by atoms with van der Waals surface area (Å²) in [7, 11) is 0. The van der Waals surface area contributed by atoms with Crippen LogP contribution < -0.4 is 10.5 Å². The molecule has 4 heteroatoms. The summed E-state index contributed by atoms with van der Waals surface area (Å²) in [6.45, 7) is 1.94. The number of hydrogen-bond donors (Lipinski definition) is 1. The van der Waals surface area contributed by atoms with Crippen molar-refractivity contribution in [3.05, 3.63) is 57.5 Å². The first-order valence-electron chi connectivity index (χ1n) is 5.54. The SMILES string of the molecule is C[C@H](N)c1ccc(Oc2cccc(Cl)c2)c(Br)c1. The van der Waals surface area contributed by atoms with Crippen molar-refractivity contribution in [2.45, 2.75) is 13.0 Å². The Bertz CT molecular complexity index is 557. The van der Waals surface area contributed by atoms with Gasteiger partial charge in [-0.15, -0.1) is 0 Å². The lowest BCUT2D eigenvalue weighted by molar-refractivity contribution is 0.479. The fraction of sp³-hybridized carbons (Fsp3) is 0.143. The average Bonchev–Trinajstić information content (AvgIpc) is 2.31. The van der Waals surface area contributed by atoms with E-state index in [0.29, 0.717) is 10.8 Å². The van der Waals surface area contributed by atoms with Gasteiger partial charge in [0.15, 0.2) is 0 Å². The van der Waals surface area contributed by atoms with Crippen LogP contribution in [0.1, 0.15) is 18.5 Å². The first-order chi connectivity index (χ1) is 8.56. The minimum absolute atomic E-state index is 0.00141. The highest BCUT2D eigenvalue weighted by Gasteiger charge is 2.06. The maximum atomic E-state index is 5.91. The first-order valence-corrected chi connectivity index (χ1v) is 6.72. The van der Waals surface area contributed by atoms with Crippen LogP contribution in [0.2, 0.25) is 5.02 Å². The monoisotopic (exact) mass is 325 g/mol. The fourth-order valence-corrected chi connectivity index (χ4v) is 2.20. The van der Waals surface area contributed by atoms with Gasteiger partial charge in [0.25, 0.3) is 0 Å². The van der Waals surface area contributed by atoms with E-state index in [-0.39, 0.29) is 6.04 Å². The smallest absolute Gasteiger partial charge is 0.141 e. The van der Waals surface area contributed by atoms with Gasteiger partial charge in [-0.25, -0.2) is 0 Å². The van der Waals surface area contributed by atoms with Gasteiger partial charge < -0.3 is 10.5 Å². The maximum Gasteiger partial charge on any atom is 0.141 e. The zero-order valence-corrected chi connectivity index (χ0v) is 12.2. The lowest BCUT2D eigenvalue weighted by atomic mass is 10.1. The van der Waals surface area contributed by atoms with Crippen molar-refractivity contribution in [1.29, 1.82) is 0 Å². The van der Waals surface area contributed by atoms with Gasteiger partial charge in [0.2, 0.25) is 0 Å². The second kappa shape index (κ2) is 5.74. The van der Waals surface area contributed by atoms with Crippen LogP contribution in [-0.4, -0.2) is 0 Å². The van der Waals surface area contributed by atoms with Crippen LogP contribution in [0.4, 0.5) is 0 Å². The molecule has 0 unspecified atom stereocenters. The summed E-state index contributed by atoms with van der Waals surface area (Å²) in [5.74, 6) is 1.44. The molecule has 1 atom stereocenters. The minimum atomic E-state index is 0.00141. The molecule has 0 spiro atoms. The Morgan fingerprint density at radius 2 is 2.00 bits per heavy atom. The van der Waals surface area contributed by atoms with Gasteiger partial charge >= 0.3 is 0 Å². The van der Waals surface area contributed by atoms with E-state index in [4.69, 9.17) is 22.1 Å². The van der Waals surface area contributed by atoms with E-state index >= 15 is 0 Å². The molecule has 0 aliphatic heterocycles. The third-order valence-electron chi connectivity index (χ3n) is 2.51. The number of rotatable bonds is 3. The lowest BCUT2D eigenvalue weighted by Gasteiger charge is -2.11. The van der Waals surface area contributed by atoms with Crippen molar-refractivity contribution in [3.63, 3.8) is 0 Å². The van der Waals surface area contributed by atoms with Crippen LogP contribution in [0.5, 0.6) is 11.5 Å². The van der Waals surface area contributed by atoms with Gasteiger partial charge in [0.05, 0.1) is 4.47 Å². The van der Waals surface area contributed by atoms with Crippen molar-refractivity contribution in [3.8, 4) is 11.5 Å². The van der Waals surface area contributed by atoms with Gasteiger partial charge in [0.1, 0.15) is 11.5 Å². The van der Waals surface area contributed by atoms with E-state index in [0.717, 1.165) is 15.8 Å². The molecule has 2 nitrogen and oxygen atoms in total. The molecule has 2 N–H and O–H groups in total.